The van der Waals surface area contributed by atoms with Crippen molar-refractivity contribution in [3.63, 3.8) is 0 Å². The third-order valence-electron chi connectivity index (χ3n) is 4.27. The van der Waals surface area contributed by atoms with Crippen molar-refractivity contribution in [2.75, 3.05) is 19.6 Å². The van der Waals surface area contributed by atoms with Gasteiger partial charge in [0.2, 0.25) is 5.91 Å². The van der Waals surface area contributed by atoms with Crippen LogP contribution in [0.3, 0.4) is 0 Å². The molecule has 1 aliphatic carbocycles. The number of amides is 1. The molecular formula is C13H21Cl2N3OS. The number of rotatable bonds is 4. The van der Waals surface area contributed by atoms with Crippen molar-refractivity contribution in [1.82, 2.24) is 15.6 Å². The van der Waals surface area contributed by atoms with Gasteiger partial charge in [-0.3, -0.25) is 4.79 Å². The molecule has 1 aliphatic heterocycles. The summed E-state index contributed by atoms with van der Waals surface area (Å²) in [5, 5.41) is 8.46. The maximum absolute atomic E-state index is 12.1. The Morgan fingerprint density at radius 3 is 2.85 bits per heavy atom. The lowest BCUT2D eigenvalue weighted by atomic mass is 9.92. The highest BCUT2D eigenvalue weighted by atomic mass is 35.5. The summed E-state index contributed by atoms with van der Waals surface area (Å²) in [6.45, 7) is 2.86. The maximum Gasteiger partial charge on any atom is 0.223 e. The first-order chi connectivity index (χ1) is 8.80. The van der Waals surface area contributed by atoms with Crippen LogP contribution in [-0.4, -0.2) is 30.5 Å². The van der Waals surface area contributed by atoms with E-state index < -0.39 is 0 Å². The smallest absolute Gasteiger partial charge is 0.223 e. The summed E-state index contributed by atoms with van der Waals surface area (Å²) in [5.74, 6) is 0.530. The van der Waals surface area contributed by atoms with Crippen LogP contribution in [0.25, 0.3) is 0 Å². The van der Waals surface area contributed by atoms with Crippen molar-refractivity contribution in [3.8, 4) is 0 Å². The van der Waals surface area contributed by atoms with E-state index in [1.807, 2.05) is 10.9 Å². The summed E-state index contributed by atoms with van der Waals surface area (Å²) >= 11 is 1.60. The van der Waals surface area contributed by atoms with Gasteiger partial charge in [-0.15, -0.1) is 36.2 Å². The molecule has 0 bridgehead atoms. The predicted molar refractivity (Wildman–Crippen MR) is 86.0 cm³/mol. The Labute approximate surface area is 135 Å². The first-order valence-corrected chi connectivity index (χ1v) is 7.60. The molecule has 7 heteroatoms. The number of piperidine rings is 1. The first kappa shape index (κ1) is 17.7. The standard InChI is InChI=1S/C13H19N3OS.2ClH/c17-12(15-4-1-10-8-18-9-16-10)11-7-13(11)2-5-14-6-3-13;;/h8-9,11,14H,1-7H2,(H,15,17);2*1H. The first-order valence-electron chi connectivity index (χ1n) is 6.66. The monoisotopic (exact) mass is 337 g/mol. The van der Waals surface area contributed by atoms with Crippen LogP contribution in [-0.2, 0) is 11.2 Å². The Morgan fingerprint density at radius 2 is 2.20 bits per heavy atom. The molecule has 1 amide bonds. The average molecular weight is 338 g/mol. The van der Waals surface area contributed by atoms with Crippen molar-refractivity contribution in [2.45, 2.75) is 25.7 Å². The zero-order valence-electron chi connectivity index (χ0n) is 11.3. The van der Waals surface area contributed by atoms with Gasteiger partial charge in [0.05, 0.1) is 11.2 Å². The van der Waals surface area contributed by atoms with E-state index in [2.05, 4.69) is 15.6 Å². The van der Waals surface area contributed by atoms with Gasteiger partial charge in [-0.05, 0) is 37.8 Å². The third kappa shape index (κ3) is 3.85. The van der Waals surface area contributed by atoms with E-state index in [-0.39, 0.29) is 36.6 Å². The molecule has 2 fully saturated rings. The number of carbonyl (C=O) groups excluding carboxylic acids is 1. The van der Waals surface area contributed by atoms with Gasteiger partial charge in [-0.2, -0.15) is 0 Å². The number of thiazole rings is 1. The average Bonchev–Trinajstić information content (AvgIpc) is 2.85. The lowest BCUT2D eigenvalue weighted by Crippen LogP contribution is -2.34. The second-order valence-corrected chi connectivity index (χ2v) is 6.11. The van der Waals surface area contributed by atoms with Gasteiger partial charge >= 0.3 is 0 Å². The quantitative estimate of drug-likeness (QED) is 0.883. The van der Waals surface area contributed by atoms with Crippen LogP contribution in [0.2, 0.25) is 0 Å². The molecule has 1 unspecified atom stereocenters. The van der Waals surface area contributed by atoms with Crippen molar-refractivity contribution >= 4 is 42.1 Å². The Kier molecular flexibility index (Phi) is 6.72. The van der Waals surface area contributed by atoms with E-state index in [9.17, 15) is 4.79 Å². The molecule has 1 saturated heterocycles. The van der Waals surface area contributed by atoms with E-state index in [4.69, 9.17) is 0 Å². The summed E-state index contributed by atoms with van der Waals surface area (Å²) in [4.78, 5) is 16.3. The zero-order valence-corrected chi connectivity index (χ0v) is 13.7. The summed E-state index contributed by atoms with van der Waals surface area (Å²) in [5.41, 5.74) is 3.26. The lowest BCUT2D eigenvalue weighted by molar-refractivity contribution is -0.123. The topological polar surface area (TPSA) is 54.0 Å². The number of halogens is 2. The number of nitrogens with zero attached hydrogens (tertiary/aromatic N) is 1. The van der Waals surface area contributed by atoms with Gasteiger partial charge in [0, 0.05) is 24.3 Å². The van der Waals surface area contributed by atoms with Crippen molar-refractivity contribution in [1.29, 1.82) is 0 Å². The molecule has 20 heavy (non-hydrogen) atoms. The Balaban J connectivity index is 0.000001000. The van der Waals surface area contributed by atoms with Crippen molar-refractivity contribution in [2.24, 2.45) is 11.3 Å². The maximum atomic E-state index is 12.1. The summed E-state index contributed by atoms with van der Waals surface area (Å²) in [6, 6.07) is 0. The van der Waals surface area contributed by atoms with Gasteiger partial charge in [0.15, 0.2) is 0 Å². The van der Waals surface area contributed by atoms with Gasteiger partial charge < -0.3 is 10.6 Å². The molecule has 4 nitrogen and oxygen atoms in total. The Hall–Kier alpha value is -0.360. The van der Waals surface area contributed by atoms with E-state index in [0.717, 1.165) is 44.5 Å². The molecule has 1 aromatic rings. The van der Waals surface area contributed by atoms with Crippen LogP contribution < -0.4 is 10.6 Å². The Bertz CT molecular complexity index is 421. The summed E-state index contributed by atoms with van der Waals surface area (Å²) in [6.07, 6.45) is 4.27. The molecule has 114 valence electrons. The number of carbonyl (C=O) groups is 1. The second-order valence-electron chi connectivity index (χ2n) is 5.39. The van der Waals surface area contributed by atoms with Gasteiger partial charge in [-0.25, -0.2) is 4.98 Å². The molecule has 2 heterocycles. The highest BCUT2D eigenvalue weighted by Gasteiger charge is 2.57. The minimum absolute atomic E-state index is 0. The largest absolute Gasteiger partial charge is 0.355 e. The fraction of sp³-hybridized carbons (Fsp3) is 0.692. The molecule has 1 spiro atoms. The lowest BCUT2D eigenvalue weighted by Gasteiger charge is -2.23. The fourth-order valence-corrected chi connectivity index (χ4v) is 3.59. The molecule has 2 N–H and O–H groups in total. The summed E-state index contributed by atoms with van der Waals surface area (Å²) < 4.78 is 0. The van der Waals surface area contributed by atoms with Crippen molar-refractivity contribution < 1.29 is 4.79 Å². The number of hydrogen-bond donors (Lipinski definition) is 2. The van der Waals surface area contributed by atoms with E-state index >= 15 is 0 Å². The summed E-state index contributed by atoms with van der Waals surface area (Å²) in [7, 11) is 0. The van der Waals surface area contributed by atoms with Crippen molar-refractivity contribution in [3.05, 3.63) is 16.6 Å². The molecule has 3 rings (SSSR count). The molecule has 1 saturated carbocycles. The molecule has 0 aromatic carbocycles. The van der Waals surface area contributed by atoms with Crippen LogP contribution >= 0.6 is 36.2 Å². The highest BCUT2D eigenvalue weighted by molar-refractivity contribution is 7.07. The molecule has 1 aromatic heterocycles. The number of aromatic nitrogens is 1. The zero-order chi connectivity index (χ0) is 12.4. The predicted octanol–water partition coefficient (Wildman–Crippen LogP) is 2.04. The highest BCUT2D eigenvalue weighted by Crippen LogP contribution is 2.58. The van der Waals surface area contributed by atoms with E-state index in [0.29, 0.717) is 12.0 Å². The van der Waals surface area contributed by atoms with E-state index in [1.54, 1.807) is 11.3 Å². The minimum Gasteiger partial charge on any atom is -0.355 e. The SMILES string of the molecule is Cl.Cl.O=C(NCCc1cscn1)C1CC12CCNCC2. The minimum atomic E-state index is 0. The van der Waals surface area contributed by atoms with Crippen LogP contribution in [0.4, 0.5) is 0 Å². The van der Waals surface area contributed by atoms with Crippen LogP contribution in [0.1, 0.15) is 25.0 Å². The Morgan fingerprint density at radius 1 is 1.45 bits per heavy atom. The van der Waals surface area contributed by atoms with Crippen LogP contribution in [0, 0.1) is 11.3 Å². The van der Waals surface area contributed by atoms with Gasteiger partial charge in [-0.1, -0.05) is 0 Å². The molecule has 2 aliphatic rings. The normalized spacial score (nSPS) is 22.5. The van der Waals surface area contributed by atoms with Crippen LogP contribution in [0.5, 0.6) is 0 Å². The van der Waals surface area contributed by atoms with Gasteiger partial charge in [0.25, 0.3) is 0 Å². The molecule has 0 radical (unpaired) electrons. The van der Waals surface area contributed by atoms with Crippen LogP contribution in [0.15, 0.2) is 10.9 Å². The van der Waals surface area contributed by atoms with Gasteiger partial charge in [0.1, 0.15) is 0 Å². The number of nitrogens with one attached hydrogen (secondary N) is 2. The fourth-order valence-electron chi connectivity index (χ4n) is 2.99. The number of hydrogen-bond acceptors (Lipinski definition) is 4. The molecule has 1 atom stereocenters. The second kappa shape index (κ2) is 7.59. The molecular weight excluding hydrogens is 317 g/mol. The third-order valence-corrected chi connectivity index (χ3v) is 4.90. The van der Waals surface area contributed by atoms with E-state index in [1.165, 1.54) is 0 Å².